The highest BCUT2D eigenvalue weighted by atomic mass is 15.0. The van der Waals surface area contributed by atoms with E-state index >= 15 is 0 Å². The Morgan fingerprint density at radius 2 is 0.363 bits per heavy atom. The maximum atomic E-state index is 2.45. The van der Waals surface area contributed by atoms with Gasteiger partial charge in [0.15, 0.2) is 0 Å². The molecule has 0 saturated carbocycles. The summed E-state index contributed by atoms with van der Waals surface area (Å²) in [6.07, 6.45) is 0. The van der Waals surface area contributed by atoms with Crippen molar-refractivity contribution in [2.24, 2.45) is 0 Å². The van der Waals surface area contributed by atoms with E-state index in [1.807, 2.05) is 0 Å². The summed E-state index contributed by atoms with van der Waals surface area (Å²) in [5, 5.41) is 15.6. The summed E-state index contributed by atoms with van der Waals surface area (Å²) in [6, 6.07) is 141. The first-order valence-electron chi connectivity index (χ1n) is 44.2. The van der Waals surface area contributed by atoms with Crippen molar-refractivity contribution in [3.8, 4) is 122 Å². The van der Waals surface area contributed by atoms with Crippen LogP contribution in [0, 0.1) is 27.7 Å². The molecular weight excluding hydrogens is 1490 g/mol. The van der Waals surface area contributed by atoms with Crippen molar-refractivity contribution in [2.75, 3.05) is 0 Å². The minimum atomic E-state index is 0.0943. The molecule has 0 bridgehead atoms. The summed E-state index contributed by atoms with van der Waals surface area (Å²) in [5.41, 5.74) is 40.4. The molecule has 124 heavy (non-hydrogen) atoms. The van der Waals surface area contributed by atoms with E-state index in [4.69, 9.17) is 0 Å². The van der Waals surface area contributed by atoms with Gasteiger partial charge in [0.05, 0.1) is 0 Å². The molecule has 21 aromatic rings. The molecule has 0 aliphatic heterocycles. The summed E-state index contributed by atoms with van der Waals surface area (Å²) >= 11 is 0. The van der Waals surface area contributed by atoms with Gasteiger partial charge in [0, 0.05) is 56.7 Å². The molecule has 2 heterocycles. The molecule has 600 valence electrons. The molecule has 0 atom stereocenters. The van der Waals surface area contributed by atoms with Crippen molar-refractivity contribution in [1.29, 1.82) is 0 Å². The third-order valence-corrected chi connectivity index (χ3v) is 26.2. The Labute approximate surface area is 729 Å². The summed E-state index contributed by atoms with van der Waals surface area (Å²) < 4.78 is 4.89. The van der Waals surface area contributed by atoms with Crippen LogP contribution in [0.3, 0.4) is 0 Å². The molecule has 2 aromatic heterocycles. The van der Waals surface area contributed by atoms with E-state index in [1.165, 1.54) is 242 Å². The molecule has 0 spiro atoms. The van der Waals surface area contributed by atoms with Crippen LogP contribution in [0.25, 0.3) is 209 Å². The quantitative estimate of drug-likeness (QED) is 0.102. The van der Waals surface area contributed by atoms with E-state index in [0.29, 0.717) is 0 Å². The van der Waals surface area contributed by atoms with Gasteiger partial charge in [-0.25, -0.2) is 0 Å². The first-order valence-corrected chi connectivity index (χ1v) is 44.2. The van der Waals surface area contributed by atoms with Gasteiger partial charge >= 0.3 is 0 Å². The molecule has 0 N–H and O–H groups in total. The Morgan fingerprint density at radius 1 is 0.169 bits per heavy atom. The highest BCUT2D eigenvalue weighted by molar-refractivity contribution is 6.24. The lowest BCUT2D eigenvalue weighted by Gasteiger charge is -2.19. The van der Waals surface area contributed by atoms with Crippen molar-refractivity contribution >= 4 is 86.7 Å². The molecule has 0 radical (unpaired) electrons. The van der Waals surface area contributed by atoms with Crippen LogP contribution >= 0.6 is 0 Å². The second-order valence-corrected chi connectivity index (χ2v) is 36.4. The Balaban J connectivity index is 0.000000158. The van der Waals surface area contributed by atoms with Crippen LogP contribution in [0.2, 0.25) is 0 Å². The standard InChI is InChI=1S/C64H53N.C58H49N/c1-7-65-60-35-31-52(39-56(60)57-40-53(64(4,5)6)32-36-61(57)65)49-21-19-46(20-22-49)48-25-29-51(30-26-48)63-55-34-14-41(2)37-58(55)62(54-33-13-42(3)38-59(54)63)50-27-23-47(24-28-50)45-17-15-44(16-18-45)43-11-9-8-10-12-43;1-7-59-54-31-27-46(35-50(54)51-36-47(58(4,5)6)28-32-55(51)59)43-17-15-41(16-18-43)42-21-25-45(26-22-42)57-49-30-14-37(2)33-52(49)56(48-29-13-38(3)34-53(48)57)44-23-19-40(20-24-44)39-11-9-8-10-12-39/h8-40H,7H2,1-6H3;8-36H,7H2,1-6H3. The number of rotatable bonds is 13. The topological polar surface area (TPSA) is 9.86 Å². The van der Waals surface area contributed by atoms with E-state index in [1.54, 1.807) is 0 Å². The largest absolute Gasteiger partial charge is 0.341 e. The fourth-order valence-electron chi connectivity index (χ4n) is 19.5. The summed E-state index contributed by atoms with van der Waals surface area (Å²) in [7, 11) is 0. The van der Waals surface area contributed by atoms with Gasteiger partial charge in [-0.2, -0.15) is 0 Å². The van der Waals surface area contributed by atoms with Gasteiger partial charge in [-0.05, 0) is 278 Å². The average molecular weight is 1600 g/mol. The third-order valence-electron chi connectivity index (χ3n) is 26.2. The Morgan fingerprint density at radius 3 is 0.589 bits per heavy atom. The third kappa shape index (κ3) is 14.4. The fraction of sp³-hybridized carbons (Fsp3) is 0.131. The molecule has 19 aromatic carbocycles. The van der Waals surface area contributed by atoms with E-state index < -0.39 is 0 Å². The summed E-state index contributed by atoms with van der Waals surface area (Å²) in [6.45, 7) is 29.0. The lowest BCUT2D eigenvalue weighted by Crippen LogP contribution is -2.10. The van der Waals surface area contributed by atoms with E-state index in [2.05, 4.69) is 468 Å². The number of benzene rings is 19. The van der Waals surface area contributed by atoms with Crippen LogP contribution in [-0.2, 0) is 23.9 Å². The molecule has 21 rings (SSSR count). The first-order chi connectivity index (χ1) is 60.2. The second kappa shape index (κ2) is 31.7. The number of hydrogen-bond donors (Lipinski definition) is 0. The van der Waals surface area contributed by atoms with Gasteiger partial charge in [-0.15, -0.1) is 0 Å². The van der Waals surface area contributed by atoms with Gasteiger partial charge in [0.25, 0.3) is 0 Å². The minimum absolute atomic E-state index is 0.0943. The van der Waals surface area contributed by atoms with Crippen molar-refractivity contribution in [3.05, 3.63) is 409 Å². The van der Waals surface area contributed by atoms with Crippen LogP contribution in [-0.4, -0.2) is 9.13 Å². The lowest BCUT2D eigenvalue weighted by atomic mass is 9.84. The SMILES string of the molecule is CCn1c2ccc(-c3ccc(-c4ccc(-c5c6ccc(C)cc6c(-c6ccc(-c7ccc(-c8ccccc8)cc7)cc6)c6ccc(C)cc56)cc4)cc3)cc2c2cc(C(C)(C)C)ccc21.CCn1c2ccc(-c3ccc(-c4ccc(-c5c6ccc(C)cc6c(-c6ccc(-c7ccccc7)cc6)c6ccc(C)cc56)cc4)cc3)cc2c2cc(C(C)(C)C)ccc21. The Bertz CT molecular complexity index is 7680. The molecular formula is C122H102N2. The molecule has 0 unspecified atom stereocenters. The lowest BCUT2D eigenvalue weighted by molar-refractivity contribution is 0.591. The van der Waals surface area contributed by atoms with Crippen LogP contribution in [0.15, 0.2) is 376 Å². The first kappa shape index (κ1) is 78.4. The van der Waals surface area contributed by atoms with E-state index in [9.17, 15) is 0 Å². The van der Waals surface area contributed by atoms with Crippen molar-refractivity contribution < 1.29 is 0 Å². The normalized spacial score (nSPS) is 11.9. The highest BCUT2D eigenvalue weighted by Crippen LogP contribution is 2.49. The fourth-order valence-corrected chi connectivity index (χ4v) is 19.5. The Hall–Kier alpha value is -14.2. The molecule has 2 heteroatoms. The summed E-state index contributed by atoms with van der Waals surface area (Å²) in [4.78, 5) is 0. The second-order valence-electron chi connectivity index (χ2n) is 36.4. The van der Waals surface area contributed by atoms with Crippen LogP contribution in [0.5, 0.6) is 0 Å². The molecule has 0 aliphatic carbocycles. The summed E-state index contributed by atoms with van der Waals surface area (Å²) in [5.74, 6) is 0. The van der Waals surface area contributed by atoms with Gasteiger partial charge in [0.1, 0.15) is 0 Å². The van der Waals surface area contributed by atoms with Crippen LogP contribution in [0.1, 0.15) is 88.8 Å². The number of aromatic nitrogens is 2. The van der Waals surface area contributed by atoms with Gasteiger partial charge in [-0.3, -0.25) is 0 Å². The number of aryl methyl sites for hydroxylation is 6. The van der Waals surface area contributed by atoms with Crippen molar-refractivity contribution in [2.45, 2.75) is 107 Å². The Kier molecular flexibility index (Phi) is 20.0. The minimum Gasteiger partial charge on any atom is -0.341 e. The van der Waals surface area contributed by atoms with E-state index in [-0.39, 0.29) is 10.8 Å². The van der Waals surface area contributed by atoms with E-state index in [0.717, 1.165) is 13.1 Å². The van der Waals surface area contributed by atoms with Gasteiger partial charge in [0.2, 0.25) is 0 Å². The van der Waals surface area contributed by atoms with Crippen molar-refractivity contribution in [3.63, 3.8) is 0 Å². The molecule has 0 fully saturated rings. The monoisotopic (exact) mass is 1590 g/mol. The molecule has 0 saturated heterocycles. The molecule has 0 aliphatic rings. The maximum absolute atomic E-state index is 2.45. The van der Waals surface area contributed by atoms with Crippen LogP contribution < -0.4 is 0 Å². The maximum Gasteiger partial charge on any atom is 0.0491 e. The highest BCUT2D eigenvalue weighted by Gasteiger charge is 2.24. The number of nitrogens with zero attached hydrogens (tertiary/aromatic N) is 2. The van der Waals surface area contributed by atoms with Crippen LogP contribution in [0.4, 0.5) is 0 Å². The molecule has 0 amide bonds. The number of fused-ring (bicyclic) bond motifs is 10. The zero-order valence-corrected chi connectivity index (χ0v) is 73.1. The predicted molar refractivity (Wildman–Crippen MR) is 536 cm³/mol. The van der Waals surface area contributed by atoms with Gasteiger partial charge in [-0.1, -0.05) is 391 Å². The predicted octanol–water partition coefficient (Wildman–Crippen LogP) is 34.4. The van der Waals surface area contributed by atoms with Gasteiger partial charge < -0.3 is 9.13 Å². The van der Waals surface area contributed by atoms with Crippen molar-refractivity contribution in [1.82, 2.24) is 9.13 Å². The molecule has 2 nitrogen and oxygen atoms in total. The number of hydrogen-bond acceptors (Lipinski definition) is 0. The zero-order valence-electron chi connectivity index (χ0n) is 73.1. The zero-order chi connectivity index (χ0) is 84.8. The average Bonchev–Trinajstić information content (AvgIpc) is 1.19. The smallest absolute Gasteiger partial charge is 0.0491 e.